The van der Waals surface area contributed by atoms with Crippen molar-refractivity contribution in [2.45, 2.75) is 25.7 Å². The van der Waals surface area contributed by atoms with Gasteiger partial charge in [-0.25, -0.2) is 0 Å². The molecule has 1 aromatic carbocycles. The first-order valence-corrected chi connectivity index (χ1v) is 5.94. The summed E-state index contributed by atoms with van der Waals surface area (Å²) in [5, 5.41) is 0. The molecule has 0 heterocycles. The molecule has 16 heavy (non-hydrogen) atoms. The lowest BCUT2D eigenvalue weighted by atomic mass is 9.69. The summed E-state index contributed by atoms with van der Waals surface area (Å²) >= 11 is 0. The molecule has 1 fully saturated rings. The molecule has 84 valence electrons. The second-order valence-corrected chi connectivity index (χ2v) is 4.63. The zero-order valence-corrected chi connectivity index (χ0v) is 9.73. The normalized spacial score (nSPS) is 30.1. The monoisotopic (exact) mass is 214 g/mol. The molecule has 1 nitrogen and oxygen atoms in total. The van der Waals surface area contributed by atoms with E-state index in [0.717, 1.165) is 6.42 Å². The van der Waals surface area contributed by atoms with Crippen LogP contribution in [0, 0.1) is 11.8 Å². The first-order valence-electron chi connectivity index (χ1n) is 5.94. The van der Waals surface area contributed by atoms with Crippen molar-refractivity contribution < 1.29 is 4.79 Å². The molecule has 0 N–H and O–H groups in total. The number of hydrogen-bond donors (Lipinski definition) is 0. The number of hydrogen-bond acceptors (Lipinski definition) is 1. The van der Waals surface area contributed by atoms with Crippen LogP contribution in [0.5, 0.6) is 0 Å². The number of carbonyl (C=O) groups is 1. The number of allylic oxidation sites excluding steroid dienone is 1. The molecule has 0 radical (unpaired) electrons. The molecule has 1 saturated carbocycles. The smallest absolute Gasteiger partial charge is 0.136 e. The van der Waals surface area contributed by atoms with E-state index in [4.69, 9.17) is 0 Å². The van der Waals surface area contributed by atoms with Crippen LogP contribution < -0.4 is 0 Å². The summed E-state index contributed by atoms with van der Waals surface area (Å²) in [6.07, 6.45) is 3.67. The van der Waals surface area contributed by atoms with Crippen LogP contribution in [-0.2, 0) is 4.79 Å². The van der Waals surface area contributed by atoms with Gasteiger partial charge < -0.3 is 0 Å². The van der Waals surface area contributed by atoms with Gasteiger partial charge in [-0.3, -0.25) is 4.79 Å². The van der Waals surface area contributed by atoms with E-state index in [-0.39, 0.29) is 5.92 Å². The number of ketones is 1. The quantitative estimate of drug-likeness (QED) is 0.688. The van der Waals surface area contributed by atoms with E-state index in [1.54, 1.807) is 0 Å². The molecule has 1 aliphatic rings. The molecular formula is C15H18O. The minimum absolute atomic E-state index is 0.124. The lowest BCUT2D eigenvalue weighted by Gasteiger charge is -2.34. The largest absolute Gasteiger partial charge is 0.299 e. The van der Waals surface area contributed by atoms with Crippen LogP contribution in [0.1, 0.15) is 31.2 Å². The van der Waals surface area contributed by atoms with Gasteiger partial charge >= 0.3 is 0 Å². The van der Waals surface area contributed by atoms with Gasteiger partial charge in [0.05, 0.1) is 0 Å². The average Bonchev–Trinajstić information content (AvgIpc) is 2.33. The molecular weight excluding hydrogens is 196 g/mol. The molecule has 0 spiro atoms. The van der Waals surface area contributed by atoms with E-state index in [1.807, 2.05) is 24.3 Å². The SMILES string of the molecule is C=C[C@H]1CCC(=O)[C@@H](C)[C@@H]1c1ccccc1. The fourth-order valence-electron chi connectivity index (χ4n) is 2.76. The predicted octanol–water partition coefficient (Wildman–Crippen LogP) is 3.57. The van der Waals surface area contributed by atoms with Crippen molar-refractivity contribution in [2.24, 2.45) is 11.8 Å². The second kappa shape index (κ2) is 4.65. The fraction of sp³-hybridized carbons (Fsp3) is 0.400. The summed E-state index contributed by atoms with van der Waals surface area (Å²) in [5.41, 5.74) is 1.27. The van der Waals surface area contributed by atoms with Gasteiger partial charge in [0.25, 0.3) is 0 Å². The second-order valence-electron chi connectivity index (χ2n) is 4.63. The Bertz CT molecular complexity index is 378. The Hall–Kier alpha value is -1.37. The molecule has 1 aliphatic carbocycles. The van der Waals surface area contributed by atoms with Gasteiger partial charge in [-0.05, 0) is 23.8 Å². The topological polar surface area (TPSA) is 17.1 Å². The summed E-state index contributed by atoms with van der Waals surface area (Å²) in [6, 6.07) is 10.3. The van der Waals surface area contributed by atoms with Gasteiger partial charge in [-0.15, -0.1) is 6.58 Å². The number of benzene rings is 1. The van der Waals surface area contributed by atoms with Crippen molar-refractivity contribution in [1.29, 1.82) is 0 Å². The summed E-state index contributed by atoms with van der Waals surface area (Å²) in [7, 11) is 0. The highest BCUT2D eigenvalue weighted by Crippen LogP contribution is 2.40. The third-order valence-corrected chi connectivity index (χ3v) is 3.72. The lowest BCUT2D eigenvalue weighted by Crippen LogP contribution is -2.30. The van der Waals surface area contributed by atoms with Crippen LogP contribution in [-0.4, -0.2) is 5.78 Å². The van der Waals surface area contributed by atoms with Crippen molar-refractivity contribution in [2.75, 3.05) is 0 Å². The van der Waals surface area contributed by atoms with Crippen LogP contribution >= 0.6 is 0 Å². The first kappa shape index (κ1) is 11.1. The van der Waals surface area contributed by atoms with Gasteiger partial charge in [0.2, 0.25) is 0 Å². The van der Waals surface area contributed by atoms with Crippen molar-refractivity contribution in [3.8, 4) is 0 Å². The Labute approximate surface area is 97.2 Å². The van der Waals surface area contributed by atoms with Crippen LogP contribution in [0.15, 0.2) is 43.0 Å². The van der Waals surface area contributed by atoms with Crippen molar-refractivity contribution in [3.63, 3.8) is 0 Å². The predicted molar refractivity (Wildman–Crippen MR) is 66.3 cm³/mol. The molecule has 0 bridgehead atoms. The average molecular weight is 214 g/mol. The summed E-state index contributed by atoms with van der Waals surface area (Å²) in [5.74, 6) is 1.28. The minimum atomic E-state index is 0.124. The van der Waals surface area contributed by atoms with Gasteiger partial charge in [-0.2, -0.15) is 0 Å². The van der Waals surface area contributed by atoms with Gasteiger partial charge in [0.1, 0.15) is 5.78 Å². The van der Waals surface area contributed by atoms with Gasteiger partial charge in [-0.1, -0.05) is 43.3 Å². The molecule has 3 atom stereocenters. The molecule has 0 saturated heterocycles. The third-order valence-electron chi connectivity index (χ3n) is 3.72. The number of rotatable bonds is 2. The number of Topliss-reactive ketones (excluding diaryl/α,β-unsaturated/α-hetero) is 1. The van der Waals surface area contributed by atoms with Crippen LogP contribution in [0.4, 0.5) is 0 Å². The van der Waals surface area contributed by atoms with E-state index < -0.39 is 0 Å². The van der Waals surface area contributed by atoms with Crippen molar-refractivity contribution in [1.82, 2.24) is 0 Å². The number of carbonyl (C=O) groups excluding carboxylic acids is 1. The Morgan fingerprint density at radius 2 is 2.00 bits per heavy atom. The maximum atomic E-state index is 11.8. The van der Waals surface area contributed by atoms with Crippen molar-refractivity contribution in [3.05, 3.63) is 48.6 Å². The van der Waals surface area contributed by atoms with Crippen LogP contribution in [0.2, 0.25) is 0 Å². The highest BCUT2D eigenvalue weighted by atomic mass is 16.1. The molecule has 0 amide bonds. The van der Waals surface area contributed by atoms with Gasteiger partial charge in [0, 0.05) is 12.3 Å². The summed E-state index contributed by atoms with van der Waals surface area (Å²) in [4.78, 5) is 11.8. The zero-order valence-electron chi connectivity index (χ0n) is 9.73. The lowest BCUT2D eigenvalue weighted by molar-refractivity contribution is -0.125. The summed E-state index contributed by atoms with van der Waals surface area (Å²) in [6.45, 7) is 5.96. The maximum Gasteiger partial charge on any atom is 0.136 e. The zero-order chi connectivity index (χ0) is 11.5. The molecule has 1 aromatic rings. The standard InChI is InChI=1S/C15H18O/c1-3-12-9-10-14(16)11(2)15(12)13-7-5-4-6-8-13/h3-8,11-12,15H,1,9-10H2,2H3/t11-,12+,15+/m1/s1. The molecule has 0 unspecified atom stereocenters. The van der Waals surface area contributed by atoms with Crippen LogP contribution in [0.3, 0.4) is 0 Å². The Morgan fingerprint density at radius 3 is 2.62 bits per heavy atom. The molecule has 2 rings (SSSR count). The van der Waals surface area contributed by atoms with E-state index in [0.29, 0.717) is 24.0 Å². The highest BCUT2D eigenvalue weighted by molar-refractivity contribution is 5.82. The maximum absolute atomic E-state index is 11.8. The third kappa shape index (κ3) is 1.95. The first-order chi connectivity index (χ1) is 7.74. The van der Waals surface area contributed by atoms with Crippen LogP contribution in [0.25, 0.3) is 0 Å². The Morgan fingerprint density at radius 1 is 1.31 bits per heavy atom. The molecule has 1 heteroatoms. The Kier molecular flexibility index (Phi) is 3.23. The minimum Gasteiger partial charge on any atom is -0.299 e. The molecule has 0 aromatic heterocycles. The van der Waals surface area contributed by atoms with E-state index in [2.05, 4.69) is 25.6 Å². The molecule has 0 aliphatic heterocycles. The van der Waals surface area contributed by atoms with E-state index >= 15 is 0 Å². The Balaban J connectivity index is 2.34. The summed E-state index contributed by atoms with van der Waals surface area (Å²) < 4.78 is 0. The van der Waals surface area contributed by atoms with Crippen molar-refractivity contribution >= 4 is 5.78 Å². The van der Waals surface area contributed by atoms with E-state index in [1.165, 1.54) is 5.56 Å². The fourth-order valence-corrected chi connectivity index (χ4v) is 2.76. The van der Waals surface area contributed by atoms with Gasteiger partial charge in [0.15, 0.2) is 0 Å². The van der Waals surface area contributed by atoms with E-state index in [9.17, 15) is 4.79 Å². The highest BCUT2D eigenvalue weighted by Gasteiger charge is 2.34.